The average Bonchev–Trinajstić information content (AvgIpc) is 2.10. The van der Waals surface area contributed by atoms with Crippen LogP contribution in [0, 0.1) is 0 Å². The van der Waals surface area contributed by atoms with Crippen LogP contribution in [0.5, 0.6) is 5.75 Å². The van der Waals surface area contributed by atoms with Crippen LogP contribution in [-0.2, 0) is 11.2 Å². The summed E-state index contributed by atoms with van der Waals surface area (Å²) in [6.45, 7) is 0. The van der Waals surface area contributed by atoms with E-state index in [0.29, 0.717) is 21.5 Å². The van der Waals surface area contributed by atoms with Gasteiger partial charge in [-0.2, -0.15) is 0 Å². The highest BCUT2D eigenvalue weighted by Gasteiger charge is 2.08. The molecule has 0 atom stereocenters. The van der Waals surface area contributed by atoms with Crippen LogP contribution >= 0.6 is 15.9 Å². The standard InChI is InChI=1S/C9H10BrNO3/c1-14-7-3-5(4-8(12)13)2-6(10)9(7)11/h2-3H,4,11H2,1H3,(H,12,13). The van der Waals surface area contributed by atoms with E-state index in [1.807, 2.05) is 0 Å². The van der Waals surface area contributed by atoms with Crippen LogP contribution in [0.2, 0.25) is 0 Å². The highest BCUT2D eigenvalue weighted by atomic mass is 79.9. The van der Waals surface area contributed by atoms with Crippen molar-refractivity contribution in [3.63, 3.8) is 0 Å². The summed E-state index contributed by atoms with van der Waals surface area (Å²) in [7, 11) is 1.49. The van der Waals surface area contributed by atoms with Crippen molar-refractivity contribution in [1.29, 1.82) is 0 Å². The second-order valence-corrected chi connectivity index (χ2v) is 3.62. The largest absolute Gasteiger partial charge is 0.495 e. The molecule has 4 nitrogen and oxygen atoms in total. The Morgan fingerprint density at radius 3 is 2.79 bits per heavy atom. The van der Waals surface area contributed by atoms with Crippen LogP contribution in [0.15, 0.2) is 16.6 Å². The molecule has 0 aliphatic carbocycles. The molecule has 1 aromatic rings. The summed E-state index contributed by atoms with van der Waals surface area (Å²) in [5.41, 5.74) is 6.80. The lowest BCUT2D eigenvalue weighted by atomic mass is 10.1. The van der Waals surface area contributed by atoms with Gasteiger partial charge < -0.3 is 15.6 Å². The molecule has 0 aliphatic heterocycles. The van der Waals surface area contributed by atoms with Gasteiger partial charge in [0.1, 0.15) is 5.75 Å². The van der Waals surface area contributed by atoms with Crippen molar-refractivity contribution in [1.82, 2.24) is 0 Å². The lowest BCUT2D eigenvalue weighted by Gasteiger charge is -2.08. The number of carboxylic acid groups (broad SMARTS) is 1. The topological polar surface area (TPSA) is 72.5 Å². The number of nitrogen functional groups attached to an aromatic ring is 1. The van der Waals surface area contributed by atoms with E-state index in [2.05, 4.69) is 15.9 Å². The van der Waals surface area contributed by atoms with Crippen LogP contribution in [0.4, 0.5) is 5.69 Å². The summed E-state index contributed by atoms with van der Waals surface area (Å²) in [5, 5.41) is 8.60. The van der Waals surface area contributed by atoms with Gasteiger partial charge in [0.15, 0.2) is 0 Å². The van der Waals surface area contributed by atoms with E-state index in [4.69, 9.17) is 15.6 Å². The molecule has 5 heteroatoms. The number of ether oxygens (including phenoxy) is 1. The molecule has 0 saturated heterocycles. The number of hydrogen-bond donors (Lipinski definition) is 2. The average molecular weight is 260 g/mol. The highest BCUT2D eigenvalue weighted by molar-refractivity contribution is 9.10. The fourth-order valence-corrected chi connectivity index (χ4v) is 1.58. The summed E-state index contributed by atoms with van der Waals surface area (Å²) >= 11 is 3.23. The minimum Gasteiger partial charge on any atom is -0.495 e. The molecule has 0 radical (unpaired) electrons. The maximum Gasteiger partial charge on any atom is 0.307 e. The van der Waals surface area contributed by atoms with Crippen LogP contribution in [0.25, 0.3) is 0 Å². The normalized spacial score (nSPS) is 9.86. The Kier molecular flexibility index (Phi) is 3.35. The molecule has 0 spiro atoms. The fraction of sp³-hybridized carbons (Fsp3) is 0.222. The van der Waals surface area contributed by atoms with Crippen LogP contribution in [0.1, 0.15) is 5.56 Å². The third-order valence-electron chi connectivity index (χ3n) is 1.73. The first-order valence-corrected chi connectivity index (χ1v) is 4.67. The molecule has 1 aromatic carbocycles. The Labute approximate surface area is 89.8 Å². The van der Waals surface area contributed by atoms with Crippen molar-refractivity contribution >= 4 is 27.6 Å². The van der Waals surface area contributed by atoms with E-state index in [1.165, 1.54) is 7.11 Å². The Morgan fingerprint density at radius 1 is 1.64 bits per heavy atom. The zero-order valence-corrected chi connectivity index (χ0v) is 9.17. The quantitative estimate of drug-likeness (QED) is 0.811. The van der Waals surface area contributed by atoms with E-state index in [-0.39, 0.29) is 6.42 Å². The summed E-state index contributed by atoms with van der Waals surface area (Å²) in [6, 6.07) is 3.29. The van der Waals surface area contributed by atoms with Crippen molar-refractivity contribution in [3.05, 3.63) is 22.2 Å². The fourth-order valence-electron chi connectivity index (χ4n) is 1.09. The molecule has 0 aliphatic rings. The summed E-state index contributed by atoms with van der Waals surface area (Å²) in [5.74, 6) is -0.403. The number of halogens is 1. The van der Waals surface area contributed by atoms with Gasteiger partial charge in [0.2, 0.25) is 0 Å². The van der Waals surface area contributed by atoms with E-state index in [1.54, 1.807) is 12.1 Å². The molecule has 0 saturated carbocycles. The smallest absolute Gasteiger partial charge is 0.307 e. The molecule has 3 N–H and O–H groups in total. The highest BCUT2D eigenvalue weighted by Crippen LogP contribution is 2.31. The molecule has 0 fully saturated rings. The Morgan fingerprint density at radius 2 is 2.29 bits per heavy atom. The van der Waals surface area contributed by atoms with Crippen molar-refractivity contribution in [2.45, 2.75) is 6.42 Å². The molecule has 1 rings (SSSR count). The van der Waals surface area contributed by atoms with Gasteiger partial charge in [-0.05, 0) is 33.6 Å². The van der Waals surface area contributed by atoms with Gasteiger partial charge in [-0.3, -0.25) is 4.79 Å². The van der Waals surface area contributed by atoms with Gasteiger partial charge in [0.05, 0.1) is 19.2 Å². The van der Waals surface area contributed by atoms with Gasteiger partial charge in [-0.25, -0.2) is 0 Å². The first kappa shape index (κ1) is 10.8. The number of methoxy groups -OCH3 is 1. The van der Waals surface area contributed by atoms with Gasteiger partial charge in [0.25, 0.3) is 0 Å². The lowest BCUT2D eigenvalue weighted by molar-refractivity contribution is -0.136. The van der Waals surface area contributed by atoms with Crippen molar-refractivity contribution in [2.75, 3.05) is 12.8 Å². The monoisotopic (exact) mass is 259 g/mol. The number of benzene rings is 1. The minimum atomic E-state index is -0.885. The second-order valence-electron chi connectivity index (χ2n) is 2.76. The summed E-state index contributed by atoms with van der Waals surface area (Å²) < 4.78 is 5.65. The molecule has 0 bridgehead atoms. The number of carboxylic acids is 1. The number of anilines is 1. The van der Waals surface area contributed by atoms with E-state index in [9.17, 15) is 4.79 Å². The summed E-state index contributed by atoms with van der Waals surface area (Å²) in [6.07, 6.45) is -0.0464. The number of hydrogen-bond acceptors (Lipinski definition) is 3. The second kappa shape index (κ2) is 4.32. The number of aliphatic carboxylic acids is 1. The Balaban J connectivity index is 3.09. The minimum absolute atomic E-state index is 0.0464. The SMILES string of the molecule is COc1cc(CC(=O)O)cc(Br)c1N. The molecule has 0 amide bonds. The first-order valence-electron chi connectivity index (χ1n) is 3.88. The molecular weight excluding hydrogens is 250 g/mol. The molecule has 76 valence electrons. The van der Waals surface area contributed by atoms with Gasteiger partial charge in [-0.1, -0.05) is 0 Å². The predicted molar refractivity (Wildman–Crippen MR) is 56.4 cm³/mol. The zero-order valence-electron chi connectivity index (χ0n) is 7.58. The van der Waals surface area contributed by atoms with Crippen LogP contribution in [0.3, 0.4) is 0 Å². The third-order valence-corrected chi connectivity index (χ3v) is 2.38. The Bertz CT molecular complexity index is 365. The van der Waals surface area contributed by atoms with E-state index < -0.39 is 5.97 Å². The van der Waals surface area contributed by atoms with Crippen molar-refractivity contribution in [3.8, 4) is 5.75 Å². The third kappa shape index (κ3) is 2.38. The molecule has 0 heterocycles. The molecular formula is C9H10BrNO3. The zero-order chi connectivity index (χ0) is 10.7. The van der Waals surface area contributed by atoms with Crippen LogP contribution in [-0.4, -0.2) is 18.2 Å². The van der Waals surface area contributed by atoms with Gasteiger partial charge in [0, 0.05) is 4.47 Å². The van der Waals surface area contributed by atoms with Gasteiger partial charge in [-0.15, -0.1) is 0 Å². The lowest BCUT2D eigenvalue weighted by Crippen LogP contribution is -2.02. The van der Waals surface area contributed by atoms with Crippen molar-refractivity contribution in [2.24, 2.45) is 0 Å². The first-order chi connectivity index (χ1) is 6.54. The maximum absolute atomic E-state index is 10.5. The Hall–Kier alpha value is -1.23. The number of nitrogens with two attached hydrogens (primary N) is 1. The molecule has 0 aromatic heterocycles. The molecule has 14 heavy (non-hydrogen) atoms. The molecule has 0 unspecified atom stereocenters. The number of rotatable bonds is 3. The van der Waals surface area contributed by atoms with Gasteiger partial charge >= 0.3 is 5.97 Å². The van der Waals surface area contributed by atoms with E-state index >= 15 is 0 Å². The maximum atomic E-state index is 10.5. The summed E-state index contributed by atoms with van der Waals surface area (Å²) in [4.78, 5) is 10.5. The predicted octanol–water partition coefficient (Wildman–Crippen LogP) is 1.67. The van der Waals surface area contributed by atoms with Crippen molar-refractivity contribution < 1.29 is 14.6 Å². The van der Waals surface area contributed by atoms with Crippen LogP contribution < -0.4 is 10.5 Å². The number of carbonyl (C=O) groups is 1. The van der Waals surface area contributed by atoms with E-state index in [0.717, 1.165) is 0 Å².